The molecule has 0 aromatic carbocycles. The van der Waals surface area contributed by atoms with Crippen molar-refractivity contribution in [1.82, 2.24) is 25.1 Å². The molecule has 0 saturated heterocycles. The highest BCUT2D eigenvalue weighted by atomic mass is 16.3. The molecule has 0 fully saturated rings. The van der Waals surface area contributed by atoms with Crippen LogP contribution in [0.2, 0.25) is 0 Å². The third kappa shape index (κ3) is 2.58. The molecule has 0 bridgehead atoms. The first-order chi connectivity index (χ1) is 9.22. The predicted octanol–water partition coefficient (Wildman–Crippen LogP) is 0.792. The summed E-state index contributed by atoms with van der Waals surface area (Å²) in [6, 6.07) is 3.84. The average Bonchev–Trinajstić information content (AvgIpc) is 2.87. The zero-order valence-electron chi connectivity index (χ0n) is 10.9. The van der Waals surface area contributed by atoms with Gasteiger partial charge in [-0.3, -0.25) is 4.98 Å². The SMILES string of the molecule is Cc1ccc(O)c(CN[C@@H]2CCc3ncnn3C2)n1. The van der Waals surface area contributed by atoms with Gasteiger partial charge < -0.3 is 10.4 Å². The summed E-state index contributed by atoms with van der Waals surface area (Å²) in [5.41, 5.74) is 1.61. The first-order valence-electron chi connectivity index (χ1n) is 6.48. The number of fused-ring (bicyclic) bond motifs is 1. The zero-order valence-corrected chi connectivity index (χ0v) is 10.9. The summed E-state index contributed by atoms with van der Waals surface area (Å²) in [5, 5.41) is 17.4. The molecule has 19 heavy (non-hydrogen) atoms. The van der Waals surface area contributed by atoms with Gasteiger partial charge in [0.25, 0.3) is 0 Å². The maximum Gasteiger partial charge on any atom is 0.138 e. The second-order valence-corrected chi connectivity index (χ2v) is 4.89. The van der Waals surface area contributed by atoms with Crippen LogP contribution in [0.25, 0.3) is 0 Å². The Labute approximate surface area is 111 Å². The Morgan fingerprint density at radius 2 is 2.37 bits per heavy atom. The first kappa shape index (κ1) is 12.1. The highest BCUT2D eigenvalue weighted by Crippen LogP contribution is 2.16. The van der Waals surface area contributed by atoms with E-state index in [-0.39, 0.29) is 5.75 Å². The van der Waals surface area contributed by atoms with Crippen LogP contribution in [-0.4, -0.2) is 30.9 Å². The topological polar surface area (TPSA) is 75.9 Å². The van der Waals surface area contributed by atoms with Crippen LogP contribution in [0, 0.1) is 6.92 Å². The van der Waals surface area contributed by atoms with E-state index in [0.717, 1.165) is 30.9 Å². The lowest BCUT2D eigenvalue weighted by atomic mass is 10.1. The van der Waals surface area contributed by atoms with E-state index in [1.165, 1.54) is 0 Å². The van der Waals surface area contributed by atoms with Crippen molar-refractivity contribution >= 4 is 0 Å². The summed E-state index contributed by atoms with van der Waals surface area (Å²) in [5.74, 6) is 1.30. The van der Waals surface area contributed by atoms with Crippen molar-refractivity contribution in [2.75, 3.05) is 0 Å². The summed E-state index contributed by atoms with van der Waals surface area (Å²) >= 11 is 0. The van der Waals surface area contributed by atoms with Crippen molar-refractivity contribution in [3.8, 4) is 5.75 Å². The van der Waals surface area contributed by atoms with Crippen molar-refractivity contribution in [1.29, 1.82) is 0 Å². The summed E-state index contributed by atoms with van der Waals surface area (Å²) in [4.78, 5) is 8.55. The lowest BCUT2D eigenvalue weighted by Crippen LogP contribution is -2.37. The quantitative estimate of drug-likeness (QED) is 0.852. The van der Waals surface area contributed by atoms with Gasteiger partial charge in [-0.05, 0) is 25.5 Å². The molecule has 0 spiro atoms. The summed E-state index contributed by atoms with van der Waals surface area (Å²) in [6.45, 7) is 3.31. The minimum atomic E-state index is 0.246. The van der Waals surface area contributed by atoms with Gasteiger partial charge in [-0.15, -0.1) is 0 Å². The van der Waals surface area contributed by atoms with Crippen LogP contribution in [0.15, 0.2) is 18.5 Å². The Balaban J connectivity index is 1.63. The molecule has 2 aromatic heterocycles. The molecule has 0 saturated carbocycles. The van der Waals surface area contributed by atoms with Gasteiger partial charge in [0.15, 0.2) is 0 Å². The molecule has 1 aliphatic rings. The maximum absolute atomic E-state index is 9.76. The number of aromatic nitrogens is 4. The molecule has 0 amide bonds. The number of nitrogens with zero attached hydrogens (tertiary/aromatic N) is 4. The highest BCUT2D eigenvalue weighted by molar-refractivity contribution is 5.27. The number of pyridine rings is 1. The van der Waals surface area contributed by atoms with Gasteiger partial charge in [0.05, 0.1) is 12.2 Å². The Morgan fingerprint density at radius 1 is 1.47 bits per heavy atom. The molecule has 2 N–H and O–H groups in total. The minimum Gasteiger partial charge on any atom is -0.506 e. The Bertz CT molecular complexity index is 580. The fraction of sp³-hybridized carbons (Fsp3) is 0.462. The van der Waals surface area contributed by atoms with Gasteiger partial charge in [-0.2, -0.15) is 5.10 Å². The molecule has 0 unspecified atom stereocenters. The smallest absolute Gasteiger partial charge is 0.138 e. The molecule has 3 rings (SSSR count). The van der Waals surface area contributed by atoms with E-state index in [9.17, 15) is 5.11 Å². The summed E-state index contributed by atoms with van der Waals surface area (Å²) in [6.07, 6.45) is 3.57. The third-order valence-electron chi connectivity index (χ3n) is 3.45. The van der Waals surface area contributed by atoms with Gasteiger partial charge in [0.1, 0.15) is 17.9 Å². The van der Waals surface area contributed by atoms with Crippen molar-refractivity contribution in [3.05, 3.63) is 35.7 Å². The Hall–Kier alpha value is -1.95. The van der Waals surface area contributed by atoms with Gasteiger partial charge in [-0.25, -0.2) is 9.67 Å². The van der Waals surface area contributed by atoms with E-state index in [2.05, 4.69) is 20.4 Å². The van der Waals surface area contributed by atoms with Crippen molar-refractivity contribution in [2.24, 2.45) is 0 Å². The van der Waals surface area contributed by atoms with Crippen LogP contribution in [0.4, 0.5) is 0 Å². The van der Waals surface area contributed by atoms with Crippen LogP contribution in [0.3, 0.4) is 0 Å². The normalized spacial score (nSPS) is 18.3. The number of aryl methyl sites for hydroxylation is 2. The molecular weight excluding hydrogens is 242 g/mol. The second kappa shape index (κ2) is 4.97. The molecule has 0 aliphatic carbocycles. The van der Waals surface area contributed by atoms with Crippen LogP contribution in [0.5, 0.6) is 5.75 Å². The highest BCUT2D eigenvalue weighted by Gasteiger charge is 2.19. The average molecular weight is 259 g/mol. The monoisotopic (exact) mass is 259 g/mol. The number of nitrogens with one attached hydrogen (secondary N) is 1. The zero-order chi connectivity index (χ0) is 13.2. The fourth-order valence-corrected chi connectivity index (χ4v) is 2.38. The lowest BCUT2D eigenvalue weighted by molar-refractivity contribution is 0.353. The van der Waals surface area contributed by atoms with Gasteiger partial charge in [0.2, 0.25) is 0 Å². The Morgan fingerprint density at radius 3 is 3.26 bits per heavy atom. The number of rotatable bonds is 3. The van der Waals surface area contributed by atoms with Crippen molar-refractivity contribution in [2.45, 2.75) is 38.9 Å². The van der Waals surface area contributed by atoms with E-state index >= 15 is 0 Å². The van der Waals surface area contributed by atoms with Crippen LogP contribution >= 0.6 is 0 Å². The minimum absolute atomic E-state index is 0.246. The third-order valence-corrected chi connectivity index (χ3v) is 3.45. The molecular formula is C13H17N5O. The second-order valence-electron chi connectivity index (χ2n) is 4.89. The van der Waals surface area contributed by atoms with Gasteiger partial charge in [-0.1, -0.05) is 0 Å². The standard InChI is InChI=1S/C13H17N5O/c1-9-2-4-12(19)11(17-9)6-14-10-3-5-13-15-8-16-18(13)7-10/h2,4,8,10,14,19H,3,5-7H2,1H3/t10-/m1/s1. The predicted molar refractivity (Wildman–Crippen MR) is 69.6 cm³/mol. The van der Waals surface area contributed by atoms with Crippen LogP contribution in [0.1, 0.15) is 23.6 Å². The molecule has 6 heteroatoms. The molecule has 1 aliphatic heterocycles. The van der Waals surface area contributed by atoms with Gasteiger partial charge >= 0.3 is 0 Å². The first-order valence-corrected chi connectivity index (χ1v) is 6.48. The fourth-order valence-electron chi connectivity index (χ4n) is 2.38. The molecule has 100 valence electrons. The largest absolute Gasteiger partial charge is 0.506 e. The summed E-state index contributed by atoms with van der Waals surface area (Å²) < 4.78 is 1.94. The van der Waals surface area contributed by atoms with Crippen LogP contribution in [-0.2, 0) is 19.5 Å². The van der Waals surface area contributed by atoms with Crippen LogP contribution < -0.4 is 5.32 Å². The lowest BCUT2D eigenvalue weighted by Gasteiger charge is -2.23. The van der Waals surface area contributed by atoms with E-state index in [0.29, 0.717) is 18.3 Å². The van der Waals surface area contributed by atoms with Crippen molar-refractivity contribution in [3.63, 3.8) is 0 Å². The number of aromatic hydroxyl groups is 1. The van der Waals surface area contributed by atoms with E-state index in [1.54, 1.807) is 18.5 Å². The molecule has 2 aromatic rings. The van der Waals surface area contributed by atoms with E-state index in [1.807, 2.05) is 11.6 Å². The molecule has 6 nitrogen and oxygen atoms in total. The molecule has 3 heterocycles. The maximum atomic E-state index is 9.76. The van der Waals surface area contributed by atoms with Crippen molar-refractivity contribution < 1.29 is 5.11 Å². The molecule has 1 atom stereocenters. The number of hydrogen-bond acceptors (Lipinski definition) is 5. The number of hydrogen-bond donors (Lipinski definition) is 2. The Kier molecular flexibility index (Phi) is 3.16. The summed E-state index contributed by atoms with van der Waals surface area (Å²) in [7, 11) is 0. The van der Waals surface area contributed by atoms with Gasteiger partial charge in [0, 0.05) is 24.7 Å². The van der Waals surface area contributed by atoms with E-state index < -0.39 is 0 Å². The molecule has 0 radical (unpaired) electrons. The van der Waals surface area contributed by atoms with E-state index in [4.69, 9.17) is 0 Å².